The van der Waals surface area contributed by atoms with E-state index in [1.165, 1.54) is 27.0 Å². The summed E-state index contributed by atoms with van der Waals surface area (Å²) in [4.78, 5) is 0.991. The summed E-state index contributed by atoms with van der Waals surface area (Å²) in [5, 5.41) is 1.94. The second-order valence-electron chi connectivity index (χ2n) is 4.49. The van der Waals surface area contributed by atoms with Crippen molar-refractivity contribution in [2.75, 3.05) is 0 Å². The minimum absolute atomic E-state index is 0.211. The molecule has 0 spiro atoms. The molecule has 0 N–H and O–H groups in total. The lowest BCUT2D eigenvalue weighted by Gasteiger charge is -2.19. The maximum absolute atomic E-state index is 12.9. The van der Waals surface area contributed by atoms with Gasteiger partial charge in [0.2, 0.25) is 0 Å². The van der Waals surface area contributed by atoms with E-state index in [2.05, 4.69) is 15.9 Å². The first-order chi connectivity index (χ1) is 10.6. The third-order valence-corrected chi connectivity index (χ3v) is 7.71. The van der Waals surface area contributed by atoms with Crippen LogP contribution in [0.3, 0.4) is 0 Å². The summed E-state index contributed by atoms with van der Waals surface area (Å²) in [6.45, 7) is 0.541. The highest BCUT2D eigenvalue weighted by atomic mass is 79.9. The van der Waals surface area contributed by atoms with Crippen molar-refractivity contribution in [3.8, 4) is 0 Å². The van der Waals surface area contributed by atoms with Gasteiger partial charge in [0.15, 0.2) is 0 Å². The third-order valence-electron chi connectivity index (χ3n) is 2.97. The van der Waals surface area contributed by atoms with Crippen LogP contribution in [0.4, 0.5) is 0 Å². The first-order valence-electron chi connectivity index (χ1n) is 6.36. The van der Waals surface area contributed by atoms with Gasteiger partial charge in [-0.05, 0) is 51.6 Å². The van der Waals surface area contributed by atoms with Crippen LogP contribution in [0.15, 0.2) is 60.5 Å². The highest BCUT2D eigenvalue weighted by molar-refractivity contribution is 9.11. The SMILES string of the molecule is O=S(=O)(c1ccc(Br)s1)N(Cc1ccco1)Cc1cccs1. The Hall–Kier alpha value is -0.930. The molecule has 4 nitrogen and oxygen atoms in total. The van der Waals surface area contributed by atoms with Crippen LogP contribution in [0.25, 0.3) is 0 Å². The molecule has 3 aromatic heterocycles. The summed E-state index contributed by atoms with van der Waals surface area (Å²) in [5.74, 6) is 0.621. The van der Waals surface area contributed by atoms with Crippen LogP contribution in [-0.2, 0) is 23.1 Å². The number of hydrogen-bond donors (Lipinski definition) is 0. The number of sulfonamides is 1. The molecule has 0 aromatic carbocycles. The normalized spacial score (nSPS) is 12.1. The lowest BCUT2D eigenvalue weighted by atomic mass is 10.4. The average molecular weight is 418 g/mol. The first-order valence-corrected chi connectivity index (χ1v) is 10.3. The van der Waals surface area contributed by atoms with E-state index in [1.54, 1.807) is 30.5 Å². The van der Waals surface area contributed by atoms with E-state index >= 15 is 0 Å². The first kappa shape index (κ1) is 15.9. The van der Waals surface area contributed by atoms with Gasteiger partial charge in [-0.3, -0.25) is 0 Å². The molecule has 3 heterocycles. The van der Waals surface area contributed by atoms with Crippen molar-refractivity contribution in [1.29, 1.82) is 0 Å². The zero-order valence-corrected chi connectivity index (χ0v) is 15.3. The van der Waals surface area contributed by atoms with Gasteiger partial charge in [0, 0.05) is 11.4 Å². The van der Waals surface area contributed by atoms with Crippen molar-refractivity contribution in [2.45, 2.75) is 17.3 Å². The zero-order chi connectivity index (χ0) is 15.6. The maximum Gasteiger partial charge on any atom is 0.253 e. The van der Waals surface area contributed by atoms with Crippen LogP contribution in [0.1, 0.15) is 10.6 Å². The Morgan fingerprint density at radius 3 is 2.59 bits per heavy atom. The Bertz CT molecular complexity index is 786. The van der Waals surface area contributed by atoms with E-state index in [0.29, 0.717) is 16.5 Å². The molecule has 3 rings (SSSR count). The largest absolute Gasteiger partial charge is 0.468 e. The molecule has 0 amide bonds. The molecule has 8 heteroatoms. The highest BCUT2D eigenvalue weighted by Crippen LogP contribution is 2.30. The predicted octanol–water partition coefficient (Wildman–Crippen LogP) is 4.56. The molecule has 0 saturated heterocycles. The standard InChI is InChI=1S/C14H12BrNO3S3/c15-13-5-6-14(21-13)22(17,18)16(9-11-3-1-7-19-11)10-12-4-2-8-20-12/h1-8H,9-10H2. The molecule has 0 aliphatic heterocycles. The number of furan rings is 1. The van der Waals surface area contributed by atoms with E-state index in [-0.39, 0.29) is 6.54 Å². The topological polar surface area (TPSA) is 50.5 Å². The number of thiophene rings is 2. The van der Waals surface area contributed by atoms with Crippen molar-refractivity contribution in [1.82, 2.24) is 4.31 Å². The van der Waals surface area contributed by atoms with Gasteiger partial charge in [-0.25, -0.2) is 8.42 Å². The van der Waals surface area contributed by atoms with Gasteiger partial charge in [0.25, 0.3) is 10.0 Å². The Morgan fingerprint density at radius 1 is 1.14 bits per heavy atom. The van der Waals surface area contributed by atoms with Gasteiger partial charge in [-0.15, -0.1) is 22.7 Å². The monoisotopic (exact) mass is 417 g/mol. The maximum atomic E-state index is 12.9. The van der Waals surface area contributed by atoms with Crippen molar-refractivity contribution >= 4 is 48.6 Å². The van der Waals surface area contributed by atoms with Crippen molar-refractivity contribution in [3.63, 3.8) is 0 Å². The molecule has 0 radical (unpaired) electrons. The molecule has 0 aliphatic rings. The second-order valence-corrected chi connectivity index (χ2v) is 10.2. The number of hydrogen-bond acceptors (Lipinski definition) is 5. The molecule has 116 valence electrons. The van der Waals surface area contributed by atoms with Crippen LogP contribution in [-0.4, -0.2) is 12.7 Å². The van der Waals surface area contributed by atoms with E-state index in [9.17, 15) is 8.42 Å². The predicted molar refractivity (Wildman–Crippen MR) is 91.5 cm³/mol. The summed E-state index contributed by atoms with van der Waals surface area (Å²) >= 11 is 6.06. The van der Waals surface area contributed by atoms with Crippen molar-refractivity contribution in [3.05, 3.63) is 62.5 Å². The molecular formula is C14H12BrNO3S3. The van der Waals surface area contributed by atoms with Gasteiger partial charge in [0.1, 0.15) is 9.97 Å². The molecule has 3 aromatic rings. The van der Waals surface area contributed by atoms with E-state index < -0.39 is 10.0 Å². The van der Waals surface area contributed by atoms with E-state index in [0.717, 1.165) is 8.66 Å². The molecule has 0 saturated carbocycles. The Morgan fingerprint density at radius 2 is 2.00 bits per heavy atom. The fraction of sp³-hybridized carbons (Fsp3) is 0.143. The van der Waals surface area contributed by atoms with Crippen molar-refractivity contribution < 1.29 is 12.8 Å². The molecule has 0 bridgehead atoms. The summed E-state index contributed by atoms with van der Waals surface area (Å²) in [6.07, 6.45) is 1.55. The highest BCUT2D eigenvalue weighted by Gasteiger charge is 2.27. The quantitative estimate of drug-likeness (QED) is 0.590. The smallest absolute Gasteiger partial charge is 0.253 e. The summed E-state index contributed by atoms with van der Waals surface area (Å²) < 4.78 is 33.6. The van der Waals surface area contributed by atoms with Crippen LogP contribution in [0.2, 0.25) is 0 Å². The van der Waals surface area contributed by atoms with Gasteiger partial charge >= 0.3 is 0 Å². The molecule has 0 atom stereocenters. The molecular weight excluding hydrogens is 406 g/mol. The van der Waals surface area contributed by atoms with E-state index in [1.807, 2.05) is 17.5 Å². The minimum Gasteiger partial charge on any atom is -0.468 e. The average Bonchev–Trinajstić information content (AvgIpc) is 3.19. The lowest BCUT2D eigenvalue weighted by Crippen LogP contribution is -2.29. The Kier molecular flexibility index (Phi) is 4.84. The summed E-state index contributed by atoms with van der Waals surface area (Å²) in [6, 6.07) is 10.7. The number of rotatable bonds is 6. The van der Waals surface area contributed by atoms with Crippen LogP contribution < -0.4 is 0 Å². The minimum atomic E-state index is -3.56. The molecule has 22 heavy (non-hydrogen) atoms. The van der Waals surface area contributed by atoms with Gasteiger partial charge in [-0.2, -0.15) is 4.31 Å². The lowest BCUT2D eigenvalue weighted by molar-refractivity contribution is 0.361. The van der Waals surface area contributed by atoms with Gasteiger partial charge in [0.05, 0.1) is 16.6 Å². The number of halogens is 1. The Balaban J connectivity index is 1.93. The number of nitrogens with zero attached hydrogens (tertiary/aromatic N) is 1. The van der Waals surface area contributed by atoms with Gasteiger partial charge < -0.3 is 4.42 Å². The Labute approximate surface area is 145 Å². The molecule has 0 aliphatic carbocycles. The fourth-order valence-electron chi connectivity index (χ4n) is 1.94. The van der Waals surface area contributed by atoms with Crippen LogP contribution >= 0.6 is 38.6 Å². The summed E-state index contributed by atoms with van der Waals surface area (Å²) in [7, 11) is -3.56. The summed E-state index contributed by atoms with van der Waals surface area (Å²) in [5.41, 5.74) is 0. The molecule has 0 fully saturated rings. The molecule has 0 unspecified atom stereocenters. The van der Waals surface area contributed by atoms with Crippen LogP contribution in [0, 0.1) is 0 Å². The van der Waals surface area contributed by atoms with Crippen LogP contribution in [0.5, 0.6) is 0 Å². The van der Waals surface area contributed by atoms with Crippen molar-refractivity contribution in [2.24, 2.45) is 0 Å². The van der Waals surface area contributed by atoms with Gasteiger partial charge in [-0.1, -0.05) is 6.07 Å². The third kappa shape index (κ3) is 3.52. The fourth-order valence-corrected chi connectivity index (χ4v) is 6.29. The zero-order valence-electron chi connectivity index (χ0n) is 11.3. The second kappa shape index (κ2) is 6.67. The van der Waals surface area contributed by atoms with E-state index in [4.69, 9.17) is 4.42 Å².